The molecule has 100 valence electrons. The lowest BCUT2D eigenvalue weighted by molar-refractivity contribution is -0.00461. The lowest BCUT2D eigenvalue weighted by Gasteiger charge is -2.26. The van der Waals surface area contributed by atoms with Crippen molar-refractivity contribution in [3.8, 4) is 0 Å². The van der Waals surface area contributed by atoms with Gasteiger partial charge in [-0.1, -0.05) is 6.07 Å². The van der Waals surface area contributed by atoms with Gasteiger partial charge < -0.3 is 15.2 Å². The van der Waals surface area contributed by atoms with Crippen molar-refractivity contribution in [1.29, 1.82) is 0 Å². The number of methoxy groups -OCH3 is 2. The van der Waals surface area contributed by atoms with Gasteiger partial charge in [-0.15, -0.1) is 0 Å². The van der Waals surface area contributed by atoms with E-state index in [9.17, 15) is 0 Å². The van der Waals surface area contributed by atoms with E-state index >= 15 is 0 Å². The van der Waals surface area contributed by atoms with Gasteiger partial charge in [-0.25, -0.2) is 0 Å². The van der Waals surface area contributed by atoms with Crippen molar-refractivity contribution in [3.63, 3.8) is 0 Å². The highest BCUT2D eigenvalue weighted by Crippen LogP contribution is 2.26. The van der Waals surface area contributed by atoms with Crippen LogP contribution in [0.4, 0.5) is 0 Å². The molecule has 0 radical (unpaired) electrons. The van der Waals surface area contributed by atoms with Crippen molar-refractivity contribution in [2.45, 2.75) is 18.2 Å². The Morgan fingerprint density at radius 1 is 1.39 bits per heavy atom. The second-order valence-corrected chi connectivity index (χ2v) is 4.54. The van der Waals surface area contributed by atoms with Gasteiger partial charge in [0.05, 0.1) is 12.2 Å². The van der Waals surface area contributed by atoms with Gasteiger partial charge in [-0.2, -0.15) is 0 Å². The second kappa shape index (κ2) is 6.24. The van der Waals surface area contributed by atoms with Gasteiger partial charge in [0.2, 0.25) is 0 Å². The molecule has 0 aliphatic carbocycles. The molecule has 1 saturated heterocycles. The van der Waals surface area contributed by atoms with Gasteiger partial charge in [-0.05, 0) is 11.6 Å². The van der Waals surface area contributed by atoms with Gasteiger partial charge in [0.25, 0.3) is 0 Å². The Hall–Kier alpha value is -1.01. The van der Waals surface area contributed by atoms with E-state index < -0.39 is 0 Å². The average Bonchev–Trinajstić information content (AvgIpc) is 2.84. The van der Waals surface area contributed by atoms with Crippen molar-refractivity contribution in [3.05, 3.63) is 30.1 Å². The minimum absolute atomic E-state index is 0.112. The molecule has 1 aliphatic rings. The summed E-state index contributed by atoms with van der Waals surface area (Å²) in [4.78, 5) is 6.46. The first-order valence-electron chi connectivity index (χ1n) is 6.19. The molecule has 1 fully saturated rings. The molecule has 1 aliphatic heterocycles. The van der Waals surface area contributed by atoms with Crippen LogP contribution >= 0.6 is 0 Å². The fourth-order valence-electron chi connectivity index (χ4n) is 2.55. The summed E-state index contributed by atoms with van der Waals surface area (Å²) in [5, 5.41) is 0. The van der Waals surface area contributed by atoms with E-state index in [1.54, 1.807) is 20.4 Å². The first kappa shape index (κ1) is 13.4. The summed E-state index contributed by atoms with van der Waals surface area (Å²) in [5.41, 5.74) is 7.05. The summed E-state index contributed by atoms with van der Waals surface area (Å²) in [6.45, 7) is 2.25. The van der Waals surface area contributed by atoms with Crippen LogP contribution in [0.25, 0.3) is 0 Å². The van der Waals surface area contributed by atoms with Gasteiger partial charge in [-0.3, -0.25) is 9.88 Å². The van der Waals surface area contributed by atoms with Crippen LogP contribution in [-0.4, -0.2) is 55.9 Å². The van der Waals surface area contributed by atoms with Crippen LogP contribution in [0.1, 0.15) is 11.6 Å². The molecule has 3 unspecified atom stereocenters. The summed E-state index contributed by atoms with van der Waals surface area (Å²) in [6.07, 6.45) is 3.87. The van der Waals surface area contributed by atoms with E-state index in [1.807, 2.05) is 12.3 Å². The fourth-order valence-corrected chi connectivity index (χ4v) is 2.55. The first-order chi connectivity index (χ1) is 8.80. The zero-order valence-corrected chi connectivity index (χ0v) is 11.0. The highest BCUT2D eigenvalue weighted by Gasteiger charge is 2.36. The lowest BCUT2D eigenvalue weighted by atomic mass is 10.1. The second-order valence-electron chi connectivity index (χ2n) is 4.54. The topological polar surface area (TPSA) is 60.6 Å². The molecular formula is C13H21N3O2. The highest BCUT2D eigenvalue weighted by molar-refractivity contribution is 5.15. The summed E-state index contributed by atoms with van der Waals surface area (Å²) in [5.74, 6) is 0. The number of nitrogens with two attached hydrogens (primary N) is 1. The maximum atomic E-state index is 5.91. The molecular weight excluding hydrogens is 230 g/mol. The summed E-state index contributed by atoms with van der Waals surface area (Å²) < 4.78 is 10.9. The molecule has 18 heavy (non-hydrogen) atoms. The highest BCUT2D eigenvalue weighted by atomic mass is 16.5. The molecule has 0 saturated carbocycles. The summed E-state index contributed by atoms with van der Waals surface area (Å²) in [7, 11) is 3.45. The number of pyridine rings is 1. The molecule has 0 spiro atoms. The normalized spacial score (nSPS) is 26.4. The van der Waals surface area contributed by atoms with Crippen molar-refractivity contribution >= 4 is 0 Å². The number of aromatic nitrogens is 1. The SMILES string of the molecule is COC1CN(C(CN)c2cccnc2)CC1OC. The molecule has 5 nitrogen and oxygen atoms in total. The van der Waals surface area contributed by atoms with E-state index in [1.165, 1.54) is 0 Å². The van der Waals surface area contributed by atoms with Gasteiger partial charge >= 0.3 is 0 Å². The zero-order chi connectivity index (χ0) is 13.0. The number of nitrogens with zero attached hydrogens (tertiary/aromatic N) is 2. The van der Waals surface area contributed by atoms with E-state index in [-0.39, 0.29) is 18.2 Å². The standard InChI is InChI=1S/C13H21N3O2/c1-17-12-8-16(9-13(12)18-2)11(6-14)10-4-3-5-15-7-10/h3-5,7,11-13H,6,8-9,14H2,1-2H3. The molecule has 1 aromatic heterocycles. The minimum Gasteiger partial charge on any atom is -0.377 e. The number of ether oxygens (including phenoxy) is 2. The van der Waals surface area contributed by atoms with Gasteiger partial charge in [0.1, 0.15) is 0 Å². The Bertz CT molecular complexity index is 349. The predicted octanol–water partition coefficient (Wildman–Crippen LogP) is 0.427. The monoisotopic (exact) mass is 251 g/mol. The number of hydrogen-bond acceptors (Lipinski definition) is 5. The van der Waals surface area contributed by atoms with Crippen LogP contribution in [0.3, 0.4) is 0 Å². The van der Waals surface area contributed by atoms with Crippen LogP contribution in [0.2, 0.25) is 0 Å². The maximum absolute atomic E-state index is 5.91. The summed E-state index contributed by atoms with van der Waals surface area (Å²) in [6, 6.07) is 4.18. The van der Waals surface area contributed by atoms with Gasteiger partial charge in [0, 0.05) is 52.3 Å². The molecule has 0 amide bonds. The van der Waals surface area contributed by atoms with E-state index in [2.05, 4.69) is 16.0 Å². The zero-order valence-electron chi connectivity index (χ0n) is 11.0. The quantitative estimate of drug-likeness (QED) is 0.822. The number of likely N-dealkylation sites (tertiary alicyclic amines) is 1. The van der Waals surface area contributed by atoms with E-state index in [4.69, 9.17) is 15.2 Å². The molecule has 0 aromatic carbocycles. The van der Waals surface area contributed by atoms with Crippen molar-refractivity contribution in [1.82, 2.24) is 9.88 Å². The van der Waals surface area contributed by atoms with E-state index in [0.717, 1.165) is 18.7 Å². The van der Waals surface area contributed by atoms with Crippen LogP contribution in [0, 0.1) is 0 Å². The Labute approximate surface area is 108 Å². The van der Waals surface area contributed by atoms with Crippen LogP contribution in [-0.2, 0) is 9.47 Å². The Kier molecular flexibility index (Phi) is 4.66. The van der Waals surface area contributed by atoms with Gasteiger partial charge in [0.15, 0.2) is 0 Å². The number of rotatable bonds is 5. The largest absolute Gasteiger partial charge is 0.377 e. The Balaban J connectivity index is 2.11. The molecule has 2 N–H and O–H groups in total. The Morgan fingerprint density at radius 2 is 2.06 bits per heavy atom. The first-order valence-corrected chi connectivity index (χ1v) is 6.19. The number of hydrogen-bond donors (Lipinski definition) is 1. The lowest BCUT2D eigenvalue weighted by Crippen LogP contribution is -2.33. The van der Waals surface area contributed by atoms with Crippen LogP contribution in [0.15, 0.2) is 24.5 Å². The molecule has 2 heterocycles. The molecule has 0 bridgehead atoms. The van der Waals surface area contributed by atoms with Crippen LogP contribution in [0.5, 0.6) is 0 Å². The average molecular weight is 251 g/mol. The predicted molar refractivity (Wildman–Crippen MR) is 69.2 cm³/mol. The maximum Gasteiger partial charge on any atom is 0.0972 e. The van der Waals surface area contributed by atoms with Crippen molar-refractivity contribution < 1.29 is 9.47 Å². The molecule has 3 atom stereocenters. The summed E-state index contributed by atoms with van der Waals surface area (Å²) >= 11 is 0. The smallest absolute Gasteiger partial charge is 0.0972 e. The third-order valence-electron chi connectivity index (χ3n) is 3.58. The van der Waals surface area contributed by atoms with Crippen molar-refractivity contribution in [2.75, 3.05) is 33.9 Å². The van der Waals surface area contributed by atoms with Crippen LogP contribution < -0.4 is 5.73 Å². The fraction of sp³-hybridized carbons (Fsp3) is 0.615. The molecule has 2 rings (SSSR count). The Morgan fingerprint density at radius 3 is 2.50 bits per heavy atom. The van der Waals surface area contributed by atoms with Crippen molar-refractivity contribution in [2.24, 2.45) is 5.73 Å². The third kappa shape index (κ3) is 2.70. The minimum atomic E-state index is 0.112. The molecule has 5 heteroatoms. The molecule has 1 aromatic rings. The third-order valence-corrected chi connectivity index (χ3v) is 3.58. The van der Waals surface area contributed by atoms with E-state index in [0.29, 0.717) is 6.54 Å².